The topological polar surface area (TPSA) is 52.6 Å². The second kappa shape index (κ2) is 28.9. The maximum absolute atomic E-state index is 13.3. The van der Waals surface area contributed by atoms with Gasteiger partial charge in [0.1, 0.15) is 0 Å². The predicted octanol–water partition coefficient (Wildman–Crippen LogP) is 10.7. The van der Waals surface area contributed by atoms with E-state index in [9.17, 15) is 9.59 Å². The lowest BCUT2D eigenvalue weighted by molar-refractivity contribution is -0.161. The fourth-order valence-electron chi connectivity index (χ4n) is 5.23. The summed E-state index contributed by atoms with van der Waals surface area (Å²) in [6.45, 7) is 9.84. The lowest BCUT2D eigenvalue weighted by Crippen LogP contribution is -2.33. The van der Waals surface area contributed by atoms with Gasteiger partial charge < -0.3 is 9.47 Å². The molecule has 0 aliphatic rings. The second-order valence-electron chi connectivity index (χ2n) is 11.5. The van der Waals surface area contributed by atoms with Gasteiger partial charge in [-0.05, 0) is 25.7 Å². The van der Waals surface area contributed by atoms with Crippen LogP contribution in [0.4, 0.5) is 0 Å². The van der Waals surface area contributed by atoms with E-state index in [4.69, 9.17) is 9.47 Å². The largest absolute Gasteiger partial charge is 0.465 e. The van der Waals surface area contributed by atoms with E-state index >= 15 is 0 Å². The number of carbonyl (C=O) groups is 2. The van der Waals surface area contributed by atoms with E-state index in [1.54, 1.807) is 0 Å². The van der Waals surface area contributed by atoms with Crippen LogP contribution in [0.5, 0.6) is 0 Å². The van der Waals surface area contributed by atoms with E-state index in [0.29, 0.717) is 13.2 Å². The molecular formula is C34H66O4. The van der Waals surface area contributed by atoms with Crippen molar-refractivity contribution in [2.75, 3.05) is 13.2 Å². The van der Waals surface area contributed by atoms with Gasteiger partial charge >= 0.3 is 11.9 Å². The molecule has 2 atom stereocenters. The molecular weight excluding hydrogens is 472 g/mol. The molecule has 0 saturated carbocycles. The Balaban J connectivity index is 5.03. The molecule has 0 bridgehead atoms. The van der Waals surface area contributed by atoms with Crippen molar-refractivity contribution >= 4 is 11.9 Å². The third-order valence-electron chi connectivity index (χ3n) is 7.81. The highest BCUT2D eigenvalue weighted by molar-refractivity contribution is 5.82. The summed E-state index contributed by atoms with van der Waals surface area (Å²) in [6.07, 6.45) is 27.0. The second-order valence-corrected chi connectivity index (χ2v) is 11.5. The van der Waals surface area contributed by atoms with Crippen LogP contribution in [0.25, 0.3) is 0 Å². The van der Waals surface area contributed by atoms with Gasteiger partial charge in [-0.1, -0.05) is 156 Å². The minimum atomic E-state index is -0.361. The average Bonchev–Trinajstić information content (AvgIpc) is 2.92. The summed E-state index contributed by atoms with van der Waals surface area (Å²) in [5.74, 6) is -1.05. The van der Waals surface area contributed by atoms with Crippen LogP contribution in [0.3, 0.4) is 0 Å². The van der Waals surface area contributed by atoms with Crippen molar-refractivity contribution in [3.63, 3.8) is 0 Å². The number of rotatable bonds is 29. The fourth-order valence-corrected chi connectivity index (χ4v) is 5.23. The first kappa shape index (κ1) is 36.9. The van der Waals surface area contributed by atoms with Crippen LogP contribution < -0.4 is 0 Å². The van der Waals surface area contributed by atoms with Gasteiger partial charge in [0.25, 0.3) is 0 Å². The van der Waals surface area contributed by atoms with Crippen molar-refractivity contribution in [2.45, 2.75) is 182 Å². The Morgan fingerprint density at radius 2 is 0.658 bits per heavy atom. The lowest BCUT2D eigenvalue weighted by Gasteiger charge is -2.25. The molecule has 0 fully saturated rings. The van der Waals surface area contributed by atoms with E-state index in [2.05, 4.69) is 27.7 Å². The molecule has 0 heterocycles. The first-order valence-corrected chi connectivity index (χ1v) is 16.9. The molecule has 4 heteroatoms. The molecule has 226 valence electrons. The van der Waals surface area contributed by atoms with E-state index < -0.39 is 0 Å². The molecule has 0 aromatic heterocycles. The zero-order valence-corrected chi connectivity index (χ0v) is 26.2. The van der Waals surface area contributed by atoms with Crippen molar-refractivity contribution in [2.24, 2.45) is 11.8 Å². The monoisotopic (exact) mass is 538 g/mol. The van der Waals surface area contributed by atoms with Crippen molar-refractivity contribution in [3.8, 4) is 0 Å². The quantitative estimate of drug-likeness (QED) is 0.0702. The van der Waals surface area contributed by atoms with Crippen molar-refractivity contribution in [3.05, 3.63) is 0 Å². The fraction of sp³-hybridized carbons (Fsp3) is 0.941. The molecule has 0 saturated heterocycles. The Bertz CT molecular complexity index is 519. The van der Waals surface area contributed by atoms with Gasteiger partial charge in [-0.25, -0.2) is 0 Å². The van der Waals surface area contributed by atoms with Gasteiger partial charge in [-0.2, -0.15) is 0 Å². The number of ether oxygens (including phenoxy) is 2. The SMILES string of the molecule is CCCCCCCCOC(=O)C(CCCCCC)C(CCCCCCCC)C(=O)OCCCCCCCC. The van der Waals surface area contributed by atoms with Crippen LogP contribution >= 0.6 is 0 Å². The summed E-state index contributed by atoms with van der Waals surface area (Å²) in [6, 6.07) is 0. The van der Waals surface area contributed by atoms with Gasteiger partial charge in [0.2, 0.25) is 0 Å². The predicted molar refractivity (Wildman–Crippen MR) is 162 cm³/mol. The standard InChI is InChI=1S/C34H66O4/c1-5-9-13-17-20-24-28-32(34(36)38-30-26-22-19-15-11-7-3)31(27-23-16-12-8-4)33(35)37-29-25-21-18-14-10-6-2/h31-32H,5-30H2,1-4H3. The first-order valence-electron chi connectivity index (χ1n) is 16.9. The number of hydrogen-bond donors (Lipinski definition) is 0. The highest BCUT2D eigenvalue weighted by Gasteiger charge is 2.35. The zero-order valence-electron chi connectivity index (χ0n) is 26.2. The van der Waals surface area contributed by atoms with Crippen LogP contribution in [-0.4, -0.2) is 25.2 Å². The molecule has 0 amide bonds. The summed E-state index contributed by atoms with van der Waals surface area (Å²) in [7, 11) is 0. The van der Waals surface area contributed by atoms with Gasteiger partial charge in [-0.3, -0.25) is 9.59 Å². The van der Waals surface area contributed by atoms with Crippen molar-refractivity contribution < 1.29 is 19.1 Å². The first-order chi connectivity index (χ1) is 18.6. The molecule has 4 nitrogen and oxygen atoms in total. The van der Waals surface area contributed by atoms with E-state index in [1.165, 1.54) is 83.5 Å². The average molecular weight is 539 g/mol. The highest BCUT2D eigenvalue weighted by Crippen LogP contribution is 2.28. The normalized spacial score (nSPS) is 12.8. The van der Waals surface area contributed by atoms with Crippen LogP contribution in [-0.2, 0) is 19.1 Å². The summed E-state index contributed by atoms with van der Waals surface area (Å²) >= 11 is 0. The Hall–Kier alpha value is -1.06. The third-order valence-corrected chi connectivity index (χ3v) is 7.81. The lowest BCUT2D eigenvalue weighted by atomic mass is 9.83. The molecule has 0 N–H and O–H groups in total. The molecule has 0 radical (unpaired) electrons. The highest BCUT2D eigenvalue weighted by atomic mass is 16.5. The van der Waals surface area contributed by atoms with E-state index in [-0.39, 0.29) is 23.8 Å². The van der Waals surface area contributed by atoms with Crippen molar-refractivity contribution in [1.82, 2.24) is 0 Å². The Morgan fingerprint density at radius 1 is 0.395 bits per heavy atom. The molecule has 0 spiro atoms. The molecule has 0 aliphatic heterocycles. The van der Waals surface area contributed by atoms with Crippen LogP contribution in [0.1, 0.15) is 182 Å². The molecule has 0 aromatic carbocycles. The number of hydrogen-bond acceptors (Lipinski definition) is 4. The van der Waals surface area contributed by atoms with Gasteiger partial charge in [-0.15, -0.1) is 0 Å². The van der Waals surface area contributed by atoms with Crippen molar-refractivity contribution in [1.29, 1.82) is 0 Å². The van der Waals surface area contributed by atoms with Gasteiger partial charge in [0.15, 0.2) is 0 Å². The van der Waals surface area contributed by atoms with Gasteiger partial charge in [0.05, 0.1) is 25.0 Å². The molecule has 0 aromatic rings. The van der Waals surface area contributed by atoms with Gasteiger partial charge in [0, 0.05) is 0 Å². The van der Waals surface area contributed by atoms with Crippen LogP contribution in [0, 0.1) is 11.8 Å². The summed E-state index contributed by atoms with van der Waals surface area (Å²) < 4.78 is 11.6. The zero-order chi connectivity index (χ0) is 28.1. The summed E-state index contributed by atoms with van der Waals surface area (Å²) in [5.41, 5.74) is 0. The maximum Gasteiger partial charge on any atom is 0.309 e. The molecule has 2 unspecified atom stereocenters. The number of esters is 2. The number of unbranched alkanes of at least 4 members (excludes halogenated alkanes) is 18. The molecule has 0 rings (SSSR count). The Morgan fingerprint density at radius 3 is 1.00 bits per heavy atom. The smallest absolute Gasteiger partial charge is 0.309 e. The van der Waals surface area contributed by atoms with E-state index in [1.807, 2.05) is 0 Å². The summed E-state index contributed by atoms with van der Waals surface area (Å²) in [4.78, 5) is 26.6. The van der Waals surface area contributed by atoms with Crippen LogP contribution in [0.15, 0.2) is 0 Å². The Labute approximate surface area is 237 Å². The van der Waals surface area contributed by atoms with E-state index in [0.717, 1.165) is 70.6 Å². The maximum atomic E-state index is 13.3. The minimum Gasteiger partial charge on any atom is -0.465 e. The molecule has 0 aliphatic carbocycles. The van der Waals surface area contributed by atoms with Crippen LogP contribution in [0.2, 0.25) is 0 Å². The Kier molecular flexibility index (Phi) is 28.1. The third kappa shape index (κ3) is 21.8. The number of carbonyl (C=O) groups excluding carboxylic acids is 2. The molecule has 38 heavy (non-hydrogen) atoms. The summed E-state index contributed by atoms with van der Waals surface area (Å²) in [5, 5.41) is 0. The minimum absolute atomic E-state index is 0.163.